The molecule has 0 spiro atoms. The Morgan fingerprint density at radius 2 is 2.25 bits per heavy atom. The molecule has 0 amide bonds. The van der Waals surface area contributed by atoms with Gasteiger partial charge < -0.3 is 15.0 Å². The summed E-state index contributed by atoms with van der Waals surface area (Å²) >= 11 is 1.67. The number of hydrogen-bond acceptors (Lipinski definition) is 4. The second-order valence-corrected chi connectivity index (χ2v) is 5.72. The van der Waals surface area contributed by atoms with Crippen LogP contribution in [0.25, 0.3) is 22.2 Å². The van der Waals surface area contributed by atoms with Crippen molar-refractivity contribution in [3.05, 3.63) is 29.3 Å². The molecule has 5 heteroatoms. The molecular formula is C15H17N3OS. The topological polar surface area (TPSA) is 49.9 Å². The van der Waals surface area contributed by atoms with E-state index in [-0.39, 0.29) is 0 Å². The minimum absolute atomic E-state index is 0.672. The Kier molecular flexibility index (Phi) is 3.36. The Morgan fingerprint density at radius 1 is 1.40 bits per heavy atom. The number of nitrogens with zero attached hydrogens (tertiary/aromatic N) is 1. The van der Waals surface area contributed by atoms with E-state index in [9.17, 15) is 0 Å². The highest BCUT2D eigenvalue weighted by Crippen LogP contribution is 2.35. The van der Waals surface area contributed by atoms with Crippen LogP contribution in [0, 0.1) is 6.92 Å². The average Bonchev–Trinajstić information content (AvgIpc) is 3.02. The SMILES string of the molecule is CCOc1ccc2[nH]cc(-c3nc(NC)sc3C)c2c1. The predicted molar refractivity (Wildman–Crippen MR) is 84.9 cm³/mol. The molecule has 2 aromatic heterocycles. The van der Waals surface area contributed by atoms with E-state index in [1.807, 2.05) is 32.3 Å². The van der Waals surface area contributed by atoms with Gasteiger partial charge in [-0.25, -0.2) is 4.98 Å². The van der Waals surface area contributed by atoms with Crippen molar-refractivity contribution in [1.82, 2.24) is 9.97 Å². The number of aryl methyl sites for hydroxylation is 1. The summed E-state index contributed by atoms with van der Waals surface area (Å²) in [4.78, 5) is 9.15. The molecule has 0 saturated heterocycles. The smallest absolute Gasteiger partial charge is 0.183 e. The number of nitrogens with one attached hydrogen (secondary N) is 2. The maximum Gasteiger partial charge on any atom is 0.183 e. The van der Waals surface area contributed by atoms with Crippen LogP contribution >= 0.6 is 11.3 Å². The van der Waals surface area contributed by atoms with Gasteiger partial charge in [-0.1, -0.05) is 0 Å². The van der Waals surface area contributed by atoms with E-state index >= 15 is 0 Å². The van der Waals surface area contributed by atoms with E-state index < -0.39 is 0 Å². The van der Waals surface area contributed by atoms with Crippen molar-refractivity contribution in [2.45, 2.75) is 13.8 Å². The van der Waals surface area contributed by atoms with Gasteiger partial charge in [0.25, 0.3) is 0 Å². The normalized spacial score (nSPS) is 10.9. The molecule has 0 saturated carbocycles. The van der Waals surface area contributed by atoms with E-state index in [1.54, 1.807) is 11.3 Å². The molecule has 0 aliphatic carbocycles. The Morgan fingerprint density at radius 3 is 2.95 bits per heavy atom. The summed E-state index contributed by atoms with van der Waals surface area (Å²) in [5, 5.41) is 5.19. The summed E-state index contributed by atoms with van der Waals surface area (Å²) in [5.41, 5.74) is 3.25. The first-order chi connectivity index (χ1) is 9.72. The summed E-state index contributed by atoms with van der Waals surface area (Å²) in [6.45, 7) is 4.76. The third-order valence-electron chi connectivity index (χ3n) is 3.23. The van der Waals surface area contributed by atoms with Crippen molar-refractivity contribution < 1.29 is 4.74 Å². The number of aromatic nitrogens is 2. The standard InChI is InChI=1S/C15H17N3OS/c1-4-19-10-5-6-13-11(7-10)12(8-17-13)14-9(2)20-15(16-3)18-14/h5-8,17H,4H2,1-3H3,(H,16,18). The molecule has 2 N–H and O–H groups in total. The third-order valence-corrected chi connectivity index (χ3v) is 4.22. The lowest BCUT2D eigenvalue weighted by Gasteiger charge is -2.03. The molecule has 3 aromatic rings. The van der Waals surface area contributed by atoms with Gasteiger partial charge in [-0.05, 0) is 32.0 Å². The fourth-order valence-corrected chi connectivity index (χ4v) is 3.09. The highest BCUT2D eigenvalue weighted by Gasteiger charge is 2.14. The zero-order valence-electron chi connectivity index (χ0n) is 11.8. The van der Waals surface area contributed by atoms with Gasteiger partial charge in [-0.3, -0.25) is 0 Å². The van der Waals surface area contributed by atoms with Crippen LogP contribution in [0.15, 0.2) is 24.4 Å². The molecule has 0 bridgehead atoms. The van der Waals surface area contributed by atoms with E-state index in [1.165, 1.54) is 4.88 Å². The lowest BCUT2D eigenvalue weighted by atomic mass is 10.1. The Hall–Kier alpha value is -2.01. The van der Waals surface area contributed by atoms with E-state index in [0.29, 0.717) is 6.61 Å². The lowest BCUT2D eigenvalue weighted by Crippen LogP contribution is -1.90. The molecule has 1 aromatic carbocycles. The van der Waals surface area contributed by atoms with Gasteiger partial charge in [0.2, 0.25) is 0 Å². The first-order valence-electron chi connectivity index (χ1n) is 6.62. The van der Waals surface area contributed by atoms with Crippen LogP contribution in [0.4, 0.5) is 5.13 Å². The number of thiazole rings is 1. The Balaban J connectivity index is 2.14. The van der Waals surface area contributed by atoms with Crippen molar-refractivity contribution in [3.8, 4) is 17.0 Å². The molecule has 0 radical (unpaired) electrons. The lowest BCUT2D eigenvalue weighted by molar-refractivity contribution is 0.341. The largest absolute Gasteiger partial charge is 0.494 e. The molecular weight excluding hydrogens is 270 g/mol. The number of anilines is 1. The van der Waals surface area contributed by atoms with Crippen LogP contribution in [0.2, 0.25) is 0 Å². The highest BCUT2D eigenvalue weighted by molar-refractivity contribution is 7.16. The number of hydrogen-bond donors (Lipinski definition) is 2. The maximum absolute atomic E-state index is 5.59. The molecule has 0 unspecified atom stereocenters. The van der Waals surface area contributed by atoms with Gasteiger partial charge in [-0.15, -0.1) is 11.3 Å². The summed E-state index contributed by atoms with van der Waals surface area (Å²) in [6.07, 6.45) is 2.02. The molecule has 0 aliphatic rings. The minimum Gasteiger partial charge on any atom is -0.494 e. The van der Waals surface area contributed by atoms with Crippen molar-refractivity contribution >= 4 is 27.4 Å². The summed E-state index contributed by atoms with van der Waals surface area (Å²) in [6, 6.07) is 6.10. The molecule has 0 atom stereocenters. The summed E-state index contributed by atoms with van der Waals surface area (Å²) in [7, 11) is 1.89. The van der Waals surface area contributed by atoms with Crippen molar-refractivity contribution in [1.29, 1.82) is 0 Å². The van der Waals surface area contributed by atoms with Crippen LogP contribution in [0.1, 0.15) is 11.8 Å². The molecule has 104 valence electrons. The van der Waals surface area contributed by atoms with E-state index in [2.05, 4.69) is 28.3 Å². The Bertz CT molecular complexity index is 745. The Labute approximate surface area is 121 Å². The maximum atomic E-state index is 5.59. The number of ether oxygens (including phenoxy) is 1. The quantitative estimate of drug-likeness (QED) is 0.761. The fraction of sp³-hybridized carbons (Fsp3) is 0.267. The van der Waals surface area contributed by atoms with Crippen LogP contribution in [0.3, 0.4) is 0 Å². The molecule has 0 fully saturated rings. The van der Waals surface area contributed by atoms with Crippen LogP contribution in [-0.4, -0.2) is 23.6 Å². The molecule has 2 heterocycles. The van der Waals surface area contributed by atoms with E-state index in [0.717, 1.165) is 33.0 Å². The summed E-state index contributed by atoms with van der Waals surface area (Å²) in [5.74, 6) is 0.891. The first-order valence-corrected chi connectivity index (χ1v) is 7.44. The van der Waals surface area contributed by atoms with Crippen LogP contribution in [-0.2, 0) is 0 Å². The van der Waals surface area contributed by atoms with Gasteiger partial charge >= 0.3 is 0 Å². The van der Waals surface area contributed by atoms with Crippen LogP contribution < -0.4 is 10.1 Å². The van der Waals surface area contributed by atoms with Crippen LogP contribution in [0.5, 0.6) is 5.75 Å². The van der Waals surface area contributed by atoms with Gasteiger partial charge in [-0.2, -0.15) is 0 Å². The van der Waals surface area contributed by atoms with Gasteiger partial charge in [0.15, 0.2) is 5.13 Å². The number of rotatable bonds is 4. The highest BCUT2D eigenvalue weighted by atomic mass is 32.1. The zero-order valence-corrected chi connectivity index (χ0v) is 12.6. The van der Waals surface area contributed by atoms with E-state index in [4.69, 9.17) is 4.74 Å². The summed E-state index contributed by atoms with van der Waals surface area (Å²) < 4.78 is 5.59. The number of fused-ring (bicyclic) bond motifs is 1. The molecule has 20 heavy (non-hydrogen) atoms. The second kappa shape index (κ2) is 5.17. The second-order valence-electron chi connectivity index (χ2n) is 4.52. The fourth-order valence-electron chi connectivity index (χ4n) is 2.31. The van der Waals surface area contributed by atoms with Gasteiger partial charge in [0, 0.05) is 34.6 Å². The molecule has 0 aliphatic heterocycles. The van der Waals surface area contributed by atoms with Crippen molar-refractivity contribution in [3.63, 3.8) is 0 Å². The van der Waals surface area contributed by atoms with Crippen molar-refractivity contribution in [2.75, 3.05) is 19.0 Å². The third kappa shape index (κ3) is 2.14. The monoisotopic (exact) mass is 287 g/mol. The number of aromatic amines is 1. The minimum atomic E-state index is 0.672. The zero-order chi connectivity index (χ0) is 14.1. The number of H-pyrrole nitrogens is 1. The predicted octanol–water partition coefficient (Wildman–Crippen LogP) is 4.04. The number of benzene rings is 1. The molecule has 4 nitrogen and oxygen atoms in total. The van der Waals surface area contributed by atoms with Crippen molar-refractivity contribution in [2.24, 2.45) is 0 Å². The first kappa shape index (κ1) is 13.0. The molecule has 3 rings (SSSR count). The van der Waals surface area contributed by atoms with Gasteiger partial charge in [0.1, 0.15) is 5.75 Å². The average molecular weight is 287 g/mol. The van der Waals surface area contributed by atoms with Gasteiger partial charge in [0.05, 0.1) is 12.3 Å².